The fraction of sp³-hybridized carbons (Fsp3) is 0. The molecule has 0 aliphatic heterocycles. The monoisotopic (exact) mass is 565 g/mol. The highest BCUT2D eigenvalue weighted by Crippen LogP contribution is 2.39. The van der Waals surface area contributed by atoms with Crippen LogP contribution in [-0.2, 0) is 0 Å². The molecule has 44 heavy (non-hydrogen) atoms. The van der Waals surface area contributed by atoms with Gasteiger partial charge in [-0.3, -0.25) is 0 Å². The number of aromatic nitrogens is 3. The van der Waals surface area contributed by atoms with Crippen molar-refractivity contribution in [2.45, 2.75) is 0 Å². The maximum Gasteiger partial charge on any atom is 0.178 e. The van der Waals surface area contributed by atoms with E-state index in [0.29, 0.717) is 17.5 Å². The molecule has 0 amide bonds. The summed E-state index contributed by atoms with van der Waals surface area (Å²) < 4.78 is 12.7. The predicted octanol–water partition coefficient (Wildman–Crippen LogP) is 10.3. The van der Waals surface area contributed by atoms with Crippen LogP contribution in [0.1, 0.15) is 0 Å². The second-order valence-corrected chi connectivity index (χ2v) is 10.8. The summed E-state index contributed by atoms with van der Waals surface area (Å²) in [5.41, 5.74) is 8.09. The first-order chi connectivity index (χ1) is 21.8. The highest BCUT2D eigenvalue weighted by atomic mass is 16.4. The molecular weight excluding hydrogens is 542 g/mol. The number of hydrogen-bond donors (Lipinski definition) is 0. The number of benzene rings is 6. The van der Waals surface area contributed by atoms with Crippen molar-refractivity contribution < 1.29 is 8.83 Å². The molecule has 0 saturated heterocycles. The van der Waals surface area contributed by atoms with E-state index in [-0.39, 0.29) is 0 Å². The van der Waals surface area contributed by atoms with Gasteiger partial charge in [-0.1, -0.05) is 109 Å². The summed E-state index contributed by atoms with van der Waals surface area (Å²) in [6, 6.07) is 47.1. The van der Waals surface area contributed by atoms with Crippen molar-refractivity contribution in [2.75, 3.05) is 0 Å². The van der Waals surface area contributed by atoms with Gasteiger partial charge in [-0.05, 0) is 41.5 Å². The van der Waals surface area contributed by atoms with E-state index in [4.69, 9.17) is 23.8 Å². The molecule has 0 aliphatic carbocycles. The Balaban J connectivity index is 1.19. The van der Waals surface area contributed by atoms with Crippen LogP contribution in [0, 0.1) is 0 Å². The normalized spacial score (nSPS) is 11.6. The third-order valence-electron chi connectivity index (χ3n) is 8.16. The molecule has 0 fully saturated rings. The molecule has 206 valence electrons. The third kappa shape index (κ3) is 3.98. The molecule has 0 bridgehead atoms. The van der Waals surface area contributed by atoms with Crippen LogP contribution in [0.3, 0.4) is 0 Å². The highest BCUT2D eigenvalue weighted by Gasteiger charge is 2.18. The van der Waals surface area contributed by atoms with Crippen molar-refractivity contribution in [3.63, 3.8) is 0 Å². The molecule has 5 nitrogen and oxygen atoms in total. The molecule has 3 heterocycles. The number of para-hydroxylation sites is 1. The Labute approximate surface area is 252 Å². The SMILES string of the molecule is c1ccc(-c2ccc(-c3nc(-c4ccccc4)nc(-c4ccc5c(c4)oc4c5ccc5c6ccccc6oc54)n3)cc2)cc1. The van der Waals surface area contributed by atoms with E-state index in [1.54, 1.807) is 0 Å². The lowest BCUT2D eigenvalue weighted by Crippen LogP contribution is -2.00. The molecule has 0 radical (unpaired) electrons. The fourth-order valence-corrected chi connectivity index (χ4v) is 5.95. The number of hydrogen-bond acceptors (Lipinski definition) is 5. The Hall–Kier alpha value is -6.07. The van der Waals surface area contributed by atoms with Gasteiger partial charge in [0, 0.05) is 38.2 Å². The van der Waals surface area contributed by atoms with Crippen LogP contribution in [0.5, 0.6) is 0 Å². The van der Waals surface area contributed by atoms with Crippen LogP contribution in [0.2, 0.25) is 0 Å². The fourth-order valence-electron chi connectivity index (χ4n) is 5.95. The van der Waals surface area contributed by atoms with E-state index < -0.39 is 0 Å². The molecule has 0 spiro atoms. The lowest BCUT2D eigenvalue weighted by Gasteiger charge is -2.09. The van der Waals surface area contributed by atoms with Crippen LogP contribution >= 0.6 is 0 Å². The number of furan rings is 2. The van der Waals surface area contributed by atoms with Crippen LogP contribution < -0.4 is 0 Å². The summed E-state index contributed by atoms with van der Waals surface area (Å²) in [5, 5.41) is 4.15. The van der Waals surface area contributed by atoms with E-state index in [9.17, 15) is 0 Å². The van der Waals surface area contributed by atoms with Crippen molar-refractivity contribution in [1.29, 1.82) is 0 Å². The maximum absolute atomic E-state index is 6.48. The van der Waals surface area contributed by atoms with E-state index in [0.717, 1.165) is 66.1 Å². The second kappa shape index (κ2) is 9.75. The third-order valence-corrected chi connectivity index (χ3v) is 8.16. The van der Waals surface area contributed by atoms with Crippen LogP contribution in [0.25, 0.3) is 89.2 Å². The number of rotatable bonds is 4. The second-order valence-electron chi connectivity index (χ2n) is 10.8. The summed E-state index contributed by atoms with van der Waals surface area (Å²) >= 11 is 0. The van der Waals surface area contributed by atoms with Crippen molar-refractivity contribution in [3.05, 3.63) is 140 Å². The minimum atomic E-state index is 0.581. The standard InChI is InChI=1S/C39H23N3O2/c1-3-9-24(10-4-1)25-15-17-27(18-16-25)38-40-37(26-11-5-2-6-12-26)41-39(42-38)28-19-20-30-32-22-21-31-29-13-7-8-14-33(29)43-35(31)36(32)44-34(30)23-28/h1-23H. The molecule has 6 aromatic carbocycles. The van der Waals surface area contributed by atoms with E-state index in [1.165, 1.54) is 5.56 Å². The first-order valence-electron chi connectivity index (χ1n) is 14.5. The van der Waals surface area contributed by atoms with Gasteiger partial charge in [0.2, 0.25) is 0 Å². The van der Waals surface area contributed by atoms with Crippen molar-refractivity contribution in [1.82, 2.24) is 15.0 Å². The smallest absolute Gasteiger partial charge is 0.178 e. The molecule has 0 aliphatic rings. The van der Waals surface area contributed by atoms with Crippen LogP contribution in [-0.4, -0.2) is 15.0 Å². The summed E-state index contributed by atoms with van der Waals surface area (Å²) in [6.07, 6.45) is 0. The van der Waals surface area contributed by atoms with Crippen molar-refractivity contribution in [2.24, 2.45) is 0 Å². The Morgan fingerprint density at radius 2 is 0.750 bits per heavy atom. The Kier molecular flexibility index (Phi) is 5.43. The Morgan fingerprint density at radius 3 is 1.43 bits per heavy atom. The molecular formula is C39H23N3O2. The van der Waals surface area contributed by atoms with E-state index in [2.05, 4.69) is 60.7 Å². The summed E-state index contributed by atoms with van der Waals surface area (Å²) in [7, 11) is 0. The average molecular weight is 566 g/mol. The minimum Gasteiger partial charge on any atom is -0.452 e. The summed E-state index contributed by atoms with van der Waals surface area (Å²) in [5.74, 6) is 1.81. The van der Waals surface area contributed by atoms with Gasteiger partial charge < -0.3 is 8.83 Å². The molecule has 0 atom stereocenters. The van der Waals surface area contributed by atoms with Gasteiger partial charge >= 0.3 is 0 Å². The van der Waals surface area contributed by atoms with Gasteiger partial charge in [-0.15, -0.1) is 0 Å². The van der Waals surface area contributed by atoms with Gasteiger partial charge in [0.05, 0.1) is 0 Å². The lowest BCUT2D eigenvalue weighted by molar-refractivity contribution is 0.633. The first kappa shape index (κ1) is 24.5. The number of fused-ring (bicyclic) bond motifs is 7. The summed E-state index contributed by atoms with van der Waals surface area (Å²) in [6.45, 7) is 0. The van der Waals surface area contributed by atoms with Crippen LogP contribution in [0.15, 0.2) is 148 Å². The maximum atomic E-state index is 6.48. The molecule has 0 unspecified atom stereocenters. The zero-order valence-corrected chi connectivity index (χ0v) is 23.4. The average Bonchev–Trinajstić information content (AvgIpc) is 3.67. The molecule has 9 aromatic rings. The molecule has 5 heteroatoms. The molecule has 3 aromatic heterocycles. The van der Waals surface area contributed by atoms with Gasteiger partial charge in [-0.25, -0.2) is 15.0 Å². The molecule has 9 rings (SSSR count). The topological polar surface area (TPSA) is 65.0 Å². The zero-order chi connectivity index (χ0) is 29.0. The van der Waals surface area contributed by atoms with Gasteiger partial charge in [0.1, 0.15) is 11.2 Å². The van der Waals surface area contributed by atoms with Gasteiger partial charge in [-0.2, -0.15) is 0 Å². The lowest BCUT2D eigenvalue weighted by atomic mass is 10.0. The molecule has 0 N–H and O–H groups in total. The first-order valence-corrected chi connectivity index (χ1v) is 14.5. The van der Waals surface area contributed by atoms with Gasteiger partial charge in [0.15, 0.2) is 28.6 Å². The van der Waals surface area contributed by atoms with Crippen molar-refractivity contribution >= 4 is 43.9 Å². The van der Waals surface area contributed by atoms with Gasteiger partial charge in [0.25, 0.3) is 0 Å². The van der Waals surface area contributed by atoms with E-state index in [1.807, 2.05) is 78.9 Å². The Bertz CT molecular complexity index is 2480. The summed E-state index contributed by atoms with van der Waals surface area (Å²) in [4.78, 5) is 14.8. The minimum absolute atomic E-state index is 0.581. The number of nitrogens with zero attached hydrogens (tertiary/aromatic N) is 3. The predicted molar refractivity (Wildman–Crippen MR) is 176 cm³/mol. The molecule has 0 saturated carbocycles. The largest absolute Gasteiger partial charge is 0.452 e. The van der Waals surface area contributed by atoms with Crippen molar-refractivity contribution in [3.8, 4) is 45.3 Å². The van der Waals surface area contributed by atoms with Crippen LogP contribution in [0.4, 0.5) is 0 Å². The Morgan fingerprint density at radius 1 is 0.318 bits per heavy atom. The quantitative estimate of drug-likeness (QED) is 0.212. The zero-order valence-electron chi connectivity index (χ0n) is 23.4. The van der Waals surface area contributed by atoms with E-state index >= 15 is 0 Å². The highest BCUT2D eigenvalue weighted by molar-refractivity contribution is 6.19.